The lowest BCUT2D eigenvalue weighted by Crippen LogP contribution is -2.49. The van der Waals surface area contributed by atoms with Gasteiger partial charge >= 0.3 is 0 Å². The summed E-state index contributed by atoms with van der Waals surface area (Å²) in [7, 11) is 0. The van der Waals surface area contributed by atoms with Crippen LogP contribution < -0.4 is 11.3 Å². The number of nitrogen functional groups attached to an aromatic ring is 1. The van der Waals surface area contributed by atoms with Crippen molar-refractivity contribution in [1.29, 1.82) is 0 Å². The molecule has 0 atom stereocenters. The maximum atomic E-state index is 12.4. The Morgan fingerprint density at radius 2 is 2.10 bits per heavy atom. The number of rotatable bonds is 4. The van der Waals surface area contributed by atoms with Gasteiger partial charge in [0.15, 0.2) is 0 Å². The van der Waals surface area contributed by atoms with Crippen molar-refractivity contribution in [2.75, 3.05) is 38.1 Å². The molecule has 1 aromatic heterocycles. The van der Waals surface area contributed by atoms with E-state index >= 15 is 0 Å². The number of carbonyl (C=O) groups excluding carboxylic acids is 1. The second-order valence-electron chi connectivity index (χ2n) is 4.81. The number of hydrogen-bond donors (Lipinski definition) is 2. The Hall–Kier alpha value is -1.37. The van der Waals surface area contributed by atoms with E-state index in [1.807, 2.05) is 0 Å². The lowest BCUT2D eigenvalue weighted by Gasteiger charge is -2.34. The highest BCUT2D eigenvalue weighted by Gasteiger charge is 2.24. The summed E-state index contributed by atoms with van der Waals surface area (Å²) < 4.78 is 0. The summed E-state index contributed by atoms with van der Waals surface area (Å²) in [5.74, 6) is 5.61. The third-order valence-corrected chi connectivity index (χ3v) is 3.70. The molecule has 3 N–H and O–H groups in total. The maximum absolute atomic E-state index is 12.4. The van der Waals surface area contributed by atoms with Gasteiger partial charge in [-0.1, -0.05) is 18.5 Å². The van der Waals surface area contributed by atoms with Gasteiger partial charge in [0.1, 0.15) is 11.5 Å². The SMILES string of the molecule is CCCN1CCN(C(=O)c2nc(NN)ccc2Cl)CC1. The van der Waals surface area contributed by atoms with Crippen molar-refractivity contribution in [3.63, 3.8) is 0 Å². The van der Waals surface area contributed by atoms with Gasteiger partial charge in [-0.2, -0.15) is 0 Å². The maximum Gasteiger partial charge on any atom is 0.274 e. The number of piperazine rings is 1. The number of nitrogens with two attached hydrogens (primary N) is 1. The Morgan fingerprint density at radius 3 is 2.70 bits per heavy atom. The Kier molecular flexibility index (Phi) is 5.17. The van der Waals surface area contributed by atoms with Crippen molar-refractivity contribution in [2.24, 2.45) is 5.84 Å². The lowest BCUT2D eigenvalue weighted by atomic mass is 10.2. The van der Waals surface area contributed by atoms with Crippen LogP contribution in [0.15, 0.2) is 12.1 Å². The topological polar surface area (TPSA) is 74.5 Å². The summed E-state index contributed by atoms with van der Waals surface area (Å²) in [5, 5.41) is 0.352. The minimum Gasteiger partial charge on any atom is -0.335 e. The molecule has 0 radical (unpaired) electrons. The van der Waals surface area contributed by atoms with Crippen molar-refractivity contribution in [3.05, 3.63) is 22.8 Å². The Morgan fingerprint density at radius 1 is 1.40 bits per heavy atom. The van der Waals surface area contributed by atoms with E-state index in [0.29, 0.717) is 23.9 Å². The minimum atomic E-state index is -0.136. The summed E-state index contributed by atoms with van der Waals surface area (Å²) >= 11 is 6.06. The standard InChI is InChI=1S/C13H20ClN5O/c1-2-5-18-6-8-19(9-7-18)13(20)12-10(14)3-4-11(16-12)17-15/h3-4H,2,5-9,15H2,1H3,(H,16,17). The fourth-order valence-electron chi connectivity index (χ4n) is 2.31. The van der Waals surface area contributed by atoms with Gasteiger partial charge in [0.25, 0.3) is 5.91 Å². The van der Waals surface area contributed by atoms with Crippen LogP contribution in [0.3, 0.4) is 0 Å². The molecule has 1 amide bonds. The zero-order valence-corrected chi connectivity index (χ0v) is 12.4. The predicted octanol–water partition coefficient (Wildman–Crippen LogP) is 1.19. The van der Waals surface area contributed by atoms with Gasteiger partial charge in [0, 0.05) is 26.2 Å². The first-order valence-electron chi connectivity index (χ1n) is 6.80. The smallest absolute Gasteiger partial charge is 0.274 e. The molecule has 20 heavy (non-hydrogen) atoms. The van der Waals surface area contributed by atoms with Crippen molar-refractivity contribution in [3.8, 4) is 0 Å². The fraction of sp³-hybridized carbons (Fsp3) is 0.538. The van der Waals surface area contributed by atoms with Gasteiger partial charge in [-0.15, -0.1) is 0 Å². The van der Waals surface area contributed by atoms with E-state index in [-0.39, 0.29) is 11.6 Å². The number of halogens is 1. The summed E-state index contributed by atoms with van der Waals surface area (Å²) in [4.78, 5) is 20.7. The van der Waals surface area contributed by atoms with E-state index in [0.717, 1.165) is 26.1 Å². The molecule has 0 spiro atoms. The van der Waals surface area contributed by atoms with E-state index in [1.165, 1.54) is 0 Å². The molecule has 6 nitrogen and oxygen atoms in total. The lowest BCUT2D eigenvalue weighted by molar-refractivity contribution is 0.0632. The molecule has 7 heteroatoms. The number of aromatic nitrogens is 1. The number of carbonyl (C=O) groups is 1. The van der Waals surface area contributed by atoms with Gasteiger partial charge in [-0.3, -0.25) is 9.69 Å². The van der Waals surface area contributed by atoms with Crippen LogP contribution >= 0.6 is 11.6 Å². The molecule has 0 saturated carbocycles. The Balaban J connectivity index is 2.05. The number of nitrogens with one attached hydrogen (secondary N) is 1. The molecule has 0 aliphatic carbocycles. The first-order chi connectivity index (χ1) is 9.65. The number of pyridine rings is 1. The van der Waals surface area contributed by atoms with Gasteiger partial charge in [0.05, 0.1) is 5.02 Å². The fourth-order valence-corrected chi connectivity index (χ4v) is 2.50. The Bertz CT molecular complexity index is 474. The first-order valence-corrected chi connectivity index (χ1v) is 7.18. The number of amides is 1. The number of hydrogen-bond acceptors (Lipinski definition) is 5. The van der Waals surface area contributed by atoms with E-state index in [4.69, 9.17) is 17.4 Å². The van der Waals surface area contributed by atoms with Crippen molar-refractivity contribution >= 4 is 23.3 Å². The summed E-state index contributed by atoms with van der Waals surface area (Å²) in [5.41, 5.74) is 2.68. The summed E-state index contributed by atoms with van der Waals surface area (Å²) in [6.07, 6.45) is 1.13. The molecule has 1 saturated heterocycles. The van der Waals surface area contributed by atoms with E-state index < -0.39 is 0 Å². The van der Waals surface area contributed by atoms with Gasteiger partial charge < -0.3 is 10.3 Å². The highest BCUT2D eigenvalue weighted by molar-refractivity contribution is 6.33. The average molecular weight is 298 g/mol. The third-order valence-electron chi connectivity index (χ3n) is 3.40. The van der Waals surface area contributed by atoms with Crippen molar-refractivity contribution < 1.29 is 4.79 Å². The van der Waals surface area contributed by atoms with Crippen LogP contribution in [0.25, 0.3) is 0 Å². The van der Waals surface area contributed by atoms with Crippen LogP contribution in [0.4, 0.5) is 5.82 Å². The molecule has 0 unspecified atom stereocenters. The van der Waals surface area contributed by atoms with E-state index in [1.54, 1.807) is 17.0 Å². The molecule has 1 aromatic rings. The van der Waals surface area contributed by atoms with Crippen LogP contribution in [0.2, 0.25) is 5.02 Å². The van der Waals surface area contributed by atoms with Gasteiger partial charge in [-0.25, -0.2) is 10.8 Å². The molecule has 0 aromatic carbocycles. The average Bonchev–Trinajstić information content (AvgIpc) is 2.48. The quantitative estimate of drug-likeness (QED) is 0.645. The minimum absolute atomic E-state index is 0.136. The van der Waals surface area contributed by atoms with Gasteiger partial charge in [-0.05, 0) is 25.1 Å². The Labute approximate surface area is 123 Å². The summed E-state index contributed by atoms with van der Waals surface area (Å²) in [6.45, 7) is 6.44. The monoisotopic (exact) mass is 297 g/mol. The highest BCUT2D eigenvalue weighted by Crippen LogP contribution is 2.19. The molecule has 2 rings (SSSR count). The zero-order chi connectivity index (χ0) is 14.5. The van der Waals surface area contributed by atoms with E-state index in [2.05, 4.69) is 22.2 Å². The van der Waals surface area contributed by atoms with Crippen molar-refractivity contribution in [2.45, 2.75) is 13.3 Å². The zero-order valence-electron chi connectivity index (χ0n) is 11.6. The largest absolute Gasteiger partial charge is 0.335 e. The first kappa shape index (κ1) is 15.0. The second-order valence-corrected chi connectivity index (χ2v) is 5.21. The van der Waals surface area contributed by atoms with E-state index in [9.17, 15) is 4.79 Å². The van der Waals surface area contributed by atoms with Crippen LogP contribution in [0.5, 0.6) is 0 Å². The molecule has 1 aliphatic rings. The molecular formula is C13H20ClN5O. The molecular weight excluding hydrogens is 278 g/mol. The highest BCUT2D eigenvalue weighted by atomic mass is 35.5. The summed E-state index contributed by atoms with van der Waals surface area (Å²) in [6, 6.07) is 3.27. The molecule has 110 valence electrons. The molecule has 1 aliphatic heterocycles. The second kappa shape index (κ2) is 6.88. The number of hydrazine groups is 1. The third kappa shape index (κ3) is 3.39. The van der Waals surface area contributed by atoms with Gasteiger partial charge in [0.2, 0.25) is 0 Å². The normalized spacial score (nSPS) is 16.2. The number of anilines is 1. The molecule has 1 fully saturated rings. The number of nitrogens with zero attached hydrogens (tertiary/aromatic N) is 3. The van der Waals surface area contributed by atoms with Crippen LogP contribution in [0.1, 0.15) is 23.8 Å². The predicted molar refractivity (Wildman–Crippen MR) is 79.7 cm³/mol. The van der Waals surface area contributed by atoms with Crippen LogP contribution in [-0.2, 0) is 0 Å². The van der Waals surface area contributed by atoms with Crippen LogP contribution in [0, 0.1) is 0 Å². The molecule has 2 heterocycles. The van der Waals surface area contributed by atoms with Crippen LogP contribution in [-0.4, -0.2) is 53.4 Å². The van der Waals surface area contributed by atoms with Crippen molar-refractivity contribution in [1.82, 2.24) is 14.8 Å². The molecule has 0 bridgehead atoms.